The molecule has 2 heterocycles. The molecule has 4 rings (SSSR count). The van der Waals surface area contributed by atoms with Gasteiger partial charge in [-0.2, -0.15) is 13.9 Å². The average molecular weight is 567 g/mol. The number of amides is 1. The predicted octanol–water partition coefficient (Wildman–Crippen LogP) is 7.01. The van der Waals surface area contributed by atoms with Crippen LogP contribution in [0.2, 0.25) is 15.1 Å². The minimum absolute atomic E-state index is 0.00218. The van der Waals surface area contributed by atoms with Gasteiger partial charge in [0.05, 0.1) is 6.54 Å². The number of carbonyl (C=O) groups is 1. The van der Waals surface area contributed by atoms with Gasteiger partial charge in [-0.15, -0.1) is 0 Å². The molecule has 2 aromatic heterocycles. The molecule has 0 aliphatic heterocycles. The molecule has 188 valence electrons. The van der Waals surface area contributed by atoms with Crippen molar-refractivity contribution in [3.05, 3.63) is 97.8 Å². The molecule has 0 spiro atoms. The third-order valence-electron chi connectivity index (χ3n) is 4.71. The number of ether oxygens (including phenoxy) is 1. The summed E-state index contributed by atoms with van der Waals surface area (Å²) in [6, 6.07) is 7.34. The summed E-state index contributed by atoms with van der Waals surface area (Å²) in [4.78, 5) is 12.5. The van der Waals surface area contributed by atoms with Crippen molar-refractivity contribution < 1.29 is 35.9 Å². The lowest BCUT2D eigenvalue weighted by Gasteiger charge is -2.09. The zero-order chi connectivity index (χ0) is 26.1. The van der Waals surface area contributed by atoms with E-state index in [1.165, 1.54) is 23.0 Å². The van der Waals surface area contributed by atoms with Gasteiger partial charge in [-0.3, -0.25) is 9.48 Å². The standard InChI is InChI=1S/C22H11Cl3F5N3O3/c23-10-2-1-9(12(24)5-10)6-33-7-13(25)21(32-33)31-22(34)14-4-3-11(36-14)8-35-20-18(29)16(27)15(26)17(28)19(20)30/h1-5,7H,6,8H2,(H,31,32,34). The molecule has 36 heavy (non-hydrogen) atoms. The molecule has 0 radical (unpaired) electrons. The molecule has 1 amide bonds. The Morgan fingerprint density at radius 3 is 2.28 bits per heavy atom. The fourth-order valence-corrected chi connectivity index (χ4v) is 3.65. The summed E-state index contributed by atoms with van der Waals surface area (Å²) in [6.45, 7) is -0.506. The van der Waals surface area contributed by atoms with Gasteiger partial charge in [0, 0.05) is 16.2 Å². The average Bonchev–Trinajstić information content (AvgIpc) is 3.45. The van der Waals surface area contributed by atoms with E-state index in [0.717, 1.165) is 0 Å². The van der Waals surface area contributed by atoms with Crippen molar-refractivity contribution in [1.82, 2.24) is 9.78 Å². The second kappa shape index (κ2) is 10.4. The van der Waals surface area contributed by atoms with Crippen LogP contribution in [0.25, 0.3) is 0 Å². The predicted molar refractivity (Wildman–Crippen MR) is 120 cm³/mol. The number of benzene rings is 2. The first kappa shape index (κ1) is 25.8. The molecule has 0 saturated heterocycles. The summed E-state index contributed by atoms with van der Waals surface area (Å²) in [6.07, 6.45) is 1.45. The minimum Gasteiger partial charge on any atom is -0.479 e. The zero-order valence-electron chi connectivity index (χ0n) is 17.5. The summed E-state index contributed by atoms with van der Waals surface area (Å²) in [5.41, 5.74) is 0.697. The molecule has 1 N–H and O–H groups in total. The molecule has 0 bridgehead atoms. The second-order valence-corrected chi connectivity index (χ2v) is 8.42. The van der Waals surface area contributed by atoms with Crippen molar-refractivity contribution in [2.75, 3.05) is 5.32 Å². The molecule has 0 atom stereocenters. The Bertz CT molecular complexity index is 1450. The van der Waals surface area contributed by atoms with Gasteiger partial charge in [0.25, 0.3) is 5.91 Å². The smallest absolute Gasteiger partial charge is 0.292 e. The van der Waals surface area contributed by atoms with E-state index in [0.29, 0.717) is 15.6 Å². The summed E-state index contributed by atoms with van der Waals surface area (Å²) < 4.78 is 78.5. The number of nitrogens with one attached hydrogen (secondary N) is 1. The van der Waals surface area contributed by atoms with Crippen molar-refractivity contribution in [3.63, 3.8) is 0 Å². The van der Waals surface area contributed by atoms with Gasteiger partial charge in [0.2, 0.25) is 29.1 Å². The molecule has 14 heteroatoms. The van der Waals surface area contributed by atoms with Gasteiger partial charge in [-0.25, -0.2) is 13.2 Å². The Morgan fingerprint density at radius 1 is 0.944 bits per heavy atom. The van der Waals surface area contributed by atoms with Crippen molar-refractivity contribution in [2.45, 2.75) is 13.2 Å². The number of furan rings is 1. The number of nitrogens with zero attached hydrogens (tertiary/aromatic N) is 2. The van der Waals surface area contributed by atoms with Gasteiger partial charge in [0.1, 0.15) is 17.4 Å². The Morgan fingerprint density at radius 2 is 1.61 bits per heavy atom. The lowest BCUT2D eigenvalue weighted by atomic mass is 10.2. The Labute approximate surface area is 214 Å². The fraction of sp³-hybridized carbons (Fsp3) is 0.0909. The number of hydrogen-bond acceptors (Lipinski definition) is 4. The SMILES string of the molecule is O=C(Nc1nn(Cc2ccc(Cl)cc2Cl)cc1Cl)c1ccc(COc2c(F)c(F)c(F)c(F)c2F)o1. The number of carbonyl (C=O) groups excluding carboxylic acids is 1. The highest BCUT2D eigenvalue weighted by atomic mass is 35.5. The fourth-order valence-electron chi connectivity index (χ4n) is 2.99. The van der Waals surface area contributed by atoms with E-state index < -0.39 is 47.3 Å². The Kier molecular flexibility index (Phi) is 7.43. The van der Waals surface area contributed by atoms with Gasteiger partial charge in [-0.1, -0.05) is 40.9 Å². The molecule has 0 saturated carbocycles. The maximum absolute atomic E-state index is 13.7. The van der Waals surface area contributed by atoms with E-state index in [1.807, 2.05) is 0 Å². The number of rotatable bonds is 7. The summed E-state index contributed by atoms with van der Waals surface area (Å²) in [5, 5.41) is 7.58. The molecule has 2 aromatic carbocycles. The van der Waals surface area contributed by atoms with E-state index in [1.54, 1.807) is 18.2 Å². The van der Waals surface area contributed by atoms with E-state index in [9.17, 15) is 26.7 Å². The highest BCUT2D eigenvalue weighted by molar-refractivity contribution is 6.35. The molecule has 6 nitrogen and oxygen atoms in total. The molecule has 0 fully saturated rings. The first-order chi connectivity index (χ1) is 17.0. The van der Waals surface area contributed by atoms with Gasteiger partial charge < -0.3 is 14.5 Å². The first-order valence-corrected chi connectivity index (χ1v) is 10.9. The quantitative estimate of drug-likeness (QED) is 0.148. The maximum atomic E-state index is 13.7. The van der Waals surface area contributed by atoms with E-state index in [4.69, 9.17) is 44.0 Å². The third kappa shape index (κ3) is 5.28. The van der Waals surface area contributed by atoms with Crippen LogP contribution in [0.1, 0.15) is 21.9 Å². The molecule has 0 aliphatic carbocycles. The number of aromatic nitrogens is 2. The van der Waals surface area contributed by atoms with Crippen LogP contribution < -0.4 is 10.1 Å². The van der Waals surface area contributed by atoms with E-state index in [2.05, 4.69) is 10.4 Å². The lowest BCUT2D eigenvalue weighted by molar-refractivity contribution is 0.0991. The largest absolute Gasteiger partial charge is 0.479 e. The maximum Gasteiger partial charge on any atom is 0.292 e. The van der Waals surface area contributed by atoms with Crippen molar-refractivity contribution in [1.29, 1.82) is 0 Å². The number of hydrogen-bond donors (Lipinski definition) is 1. The number of anilines is 1. The van der Waals surface area contributed by atoms with Crippen LogP contribution in [0.3, 0.4) is 0 Å². The van der Waals surface area contributed by atoms with Crippen LogP contribution in [0.5, 0.6) is 5.75 Å². The van der Waals surface area contributed by atoms with Crippen molar-refractivity contribution in [2.24, 2.45) is 0 Å². The topological polar surface area (TPSA) is 69.3 Å². The van der Waals surface area contributed by atoms with Crippen LogP contribution in [-0.4, -0.2) is 15.7 Å². The summed E-state index contributed by atoms with van der Waals surface area (Å²) in [7, 11) is 0. The molecule has 0 unspecified atom stereocenters. The van der Waals surface area contributed by atoms with Crippen LogP contribution >= 0.6 is 34.8 Å². The lowest BCUT2D eigenvalue weighted by Crippen LogP contribution is -2.12. The molecule has 0 aliphatic rings. The first-order valence-electron chi connectivity index (χ1n) is 9.76. The van der Waals surface area contributed by atoms with E-state index in [-0.39, 0.29) is 28.9 Å². The monoisotopic (exact) mass is 565 g/mol. The van der Waals surface area contributed by atoms with Crippen LogP contribution in [0.4, 0.5) is 27.8 Å². The van der Waals surface area contributed by atoms with Crippen LogP contribution in [-0.2, 0) is 13.2 Å². The van der Waals surface area contributed by atoms with Crippen molar-refractivity contribution in [3.8, 4) is 5.75 Å². The van der Waals surface area contributed by atoms with E-state index >= 15 is 0 Å². The highest BCUT2D eigenvalue weighted by Gasteiger charge is 2.27. The van der Waals surface area contributed by atoms with Gasteiger partial charge >= 0.3 is 0 Å². The molecule has 4 aromatic rings. The second-order valence-electron chi connectivity index (χ2n) is 7.17. The minimum atomic E-state index is -2.31. The number of halogens is 8. The molecular formula is C22H11Cl3F5N3O3. The highest BCUT2D eigenvalue weighted by Crippen LogP contribution is 2.30. The summed E-state index contributed by atoms with van der Waals surface area (Å²) in [5.74, 6) is -13.6. The zero-order valence-corrected chi connectivity index (χ0v) is 19.8. The van der Waals surface area contributed by atoms with Gasteiger partial charge in [0.15, 0.2) is 17.3 Å². The van der Waals surface area contributed by atoms with Crippen LogP contribution in [0, 0.1) is 29.1 Å². The Balaban J connectivity index is 1.42. The normalized spacial score (nSPS) is 11.1. The summed E-state index contributed by atoms with van der Waals surface area (Å²) >= 11 is 18.2. The van der Waals surface area contributed by atoms with Crippen LogP contribution in [0.15, 0.2) is 40.9 Å². The Hall–Kier alpha value is -3.28. The molecular weight excluding hydrogens is 556 g/mol. The van der Waals surface area contributed by atoms with Crippen molar-refractivity contribution >= 4 is 46.5 Å². The van der Waals surface area contributed by atoms with Gasteiger partial charge in [-0.05, 0) is 29.8 Å². The third-order valence-corrected chi connectivity index (χ3v) is 5.57.